The molecule has 0 radical (unpaired) electrons. The summed E-state index contributed by atoms with van der Waals surface area (Å²) in [5, 5.41) is 50.6. The number of carboxylic acids is 2. The fraction of sp³-hybridized carbons (Fsp3) is 0.387. The van der Waals surface area contributed by atoms with Gasteiger partial charge in [-0.1, -0.05) is 26.0 Å². The Balaban J connectivity index is 2.13. The van der Waals surface area contributed by atoms with Gasteiger partial charge in [0.15, 0.2) is 0 Å². The number of carbonyl (C=O) groups excluding carboxylic acids is 5. The fourth-order valence-corrected chi connectivity index (χ4v) is 4.30. The molecule has 0 saturated carbocycles. The van der Waals surface area contributed by atoms with E-state index in [4.69, 9.17) is 5.11 Å². The molecule has 0 aliphatic rings. The Morgan fingerprint density at radius 2 is 1.33 bits per heavy atom. The number of aliphatic carboxylic acids is 2. The number of hydrogen-bond acceptors (Lipinski definition) is 10. The van der Waals surface area contributed by atoms with Crippen LogP contribution >= 0.6 is 0 Å². The molecule has 2 aromatic carbocycles. The standard InChI is InChI=1S/C31H38N6O12/c1-16(2)27(36-30(46)22(34-24(39)12-13-25(40)41)14-18-4-10-21(38)11-5-18)31(47)32-17(3)28(44)35-23(15-26(42)43)29(45)33-19-6-8-20(9-7-19)37(48)49/h4-11,16-17,22-23,27,38H,12-15H2,1-3H3,(H,32,47)(H,33,45)(H,34,39)(H,35,44)(H,36,46)(H,40,41)(H,42,43)/t17-,22-,23+,27+/m0/s1. The first-order valence-corrected chi connectivity index (χ1v) is 14.9. The van der Waals surface area contributed by atoms with Crippen LogP contribution in [0.3, 0.4) is 0 Å². The Kier molecular flexibility index (Phi) is 14.6. The summed E-state index contributed by atoms with van der Waals surface area (Å²) in [7, 11) is 0. The summed E-state index contributed by atoms with van der Waals surface area (Å²) >= 11 is 0. The molecular formula is C31H38N6O12. The molecule has 0 bridgehead atoms. The van der Waals surface area contributed by atoms with E-state index in [9.17, 15) is 53.9 Å². The van der Waals surface area contributed by atoms with E-state index in [0.29, 0.717) is 5.56 Å². The number of nitro benzene ring substituents is 1. The van der Waals surface area contributed by atoms with Gasteiger partial charge in [0.25, 0.3) is 5.69 Å². The third kappa shape index (κ3) is 13.3. The molecule has 0 fully saturated rings. The summed E-state index contributed by atoms with van der Waals surface area (Å²) in [5.41, 5.74) is 0.377. The summed E-state index contributed by atoms with van der Waals surface area (Å²) < 4.78 is 0. The normalized spacial score (nSPS) is 13.1. The molecule has 264 valence electrons. The third-order valence-electron chi connectivity index (χ3n) is 6.95. The quantitative estimate of drug-likeness (QED) is 0.0783. The smallest absolute Gasteiger partial charge is 0.305 e. The number of non-ortho nitro benzene ring substituents is 1. The van der Waals surface area contributed by atoms with Gasteiger partial charge in [-0.2, -0.15) is 0 Å². The highest BCUT2D eigenvalue weighted by molar-refractivity contribution is 6.00. The summed E-state index contributed by atoms with van der Waals surface area (Å²) in [6.45, 7) is 4.46. The number of anilines is 1. The number of nitro groups is 1. The van der Waals surface area contributed by atoms with Crippen molar-refractivity contribution in [3.05, 3.63) is 64.2 Å². The van der Waals surface area contributed by atoms with E-state index >= 15 is 0 Å². The van der Waals surface area contributed by atoms with Crippen molar-refractivity contribution < 1.29 is 53.8 Å². The molecule has 0 heterocycles. The van der Waals surface area contributed by atoms with Crippen LogP contribution in [0.4, 0.5) is 11.4 Å². The molecule has 4 atom stereocenters. The molecule has 18 heteroatoms. The SMILES string of the molecule is CC(C)[C@@H](NC(=O)[C@H](Cc1ccc(O)cc1)NC(=O)CCC(=O)O)C(=O)N[C@@H](C)C(=O)N[C@H](CC(=O)O)C(=O)Nc1ccc([N+](=O)[O-])cc1. The van der Waals surface area contributed by atoms with Gasteiger partial charge in [-0.15, -0.1) is 0 Å². The zero-order chi connectivity index (χ0) is 36.8. The number of carboxylic acid groups (broad SMARTS) is 2. The lowest BCUT2D eigenvalue weighted by atomic mass is 10.0. The van der Waals surface area contributed by atoms with Crippen LogP contribution in [0.25, 0.3) is 0 Å². The number of carbonyl (C=O) groups is 7. The van der Waals surface area contributed by atoms with Crippen LogP contribution in [-0.4, -0.2) is 85.9 Å². The van der Waals surface area contributed by atoms with E-state index in [1.54, 1.807) is 13.8 Å². The molecule has 2 rings (SSSR count). The molecule has 0 unspecified atom stereocenters. The van der Waals surface area contributed by atoms with Crippen LogP contribution in [0.2, 0.25) is 0 Å². The first-order chi connectivity index (χ1) is 23.0. The predicted octanol–water partition coefficient (Wildman–Crippen LogP) is 0.436. The summed E-state index contributed by atoms with van der Waals surface area (Å²) in [6.07, 6.45) is -1.81. The lowest BCUT2D eigenvalue weighted by molar-refractivity contribution is -0.384. The molecule has 0 saturated heterocycles. The number of nitrogens with one attached hydrogen (secondary N) is 5. The number of nitrogens with zero attached hydrogens (tertiary/aromatic N) is 1. The van der Waals surface area contributed by atoms with Crippen LogP contribution in [-0.2, 0) is 40.0 Å². The predicted molar refractivity (Wildman–Crippen MR) is 171 cm³/mol. The lowest BCUT2D eigenvalue weighted by Crippen LogP contribution is -2.59. The fourth-order valence-electron chi connectivity index (χ4n) is 4.30. The third-order valence-corrected chi connectivity index (χ3v) is 6.95. The Morgan fingerprint density at radius 3 is 1.86 bits per heavy atom. The van der Waals surface area contributed by atoms with E-state index in [2.05, 4.69) is 26.6 Å². The van der Waals surface area contributed by atoms with Gasteiger partial charge in [0.1, 0.15) is 29.9 Å². The van der Waals surface area contributed by atoms with Gasteiger partial charge in [-0.05, 0) is 42.7 Å². The minimum atomic E-state index is -1.61. The second-order valence-corrected chi connectivity index (χ2v) is 11.3. The van der Waals surface area contributed by atoms with Crippen molar-refractivity contribution in [3.63, 3.8) is 0 Å². The highest BCUT2D eigenvalue weighted by Crippen LogP contribution is 2.16. The first kappa shape index (κ1) is 39.1. The minimum Gasteiger partial charge on any atom is -0.508 e. The number of amides is 5. The Hall–Kier alpha value is -6.07. The van der Waals surface area contributed by atoms with Crippen molar-refractivity contribution in [2.75, 3.05) is 5.32 Å². The number of aromatic hydroxyl groups is 1. The van der Waals surface area contributed by atoms with Crippen LogP contribution in [0.1, 0.15) is 45.6 Å². The van der Waals surface area contributed by atoms with Crippen LogP contribution in [0.5, 0.6) is 5.75 Å². The minimum absolute atomic E-state index is 0.0376. The molecule has 0 aliphatic heterocycles. The second-order valence-electron chi connectivity index (χ2n) is 11.3. The lowest BCUT2D eigenvalue weighted by Gasteiger charge is -2.27. The molecule has 0 aromatic heterocycles. The van der Waals surface area contributed by atoms with Gasteiger partial charge in [0, 0.05) is 30.7 Å². The van der Waals surface area contributed by atoms with E-state index in [0.717, 1.165) is 12.1 Å². The van der Waals surface area contributed by atoms with Crippen LogP contribution in [0.15, 0.2) is 48.5 Å². The van der Waals surface area contributed by atoms with Crippen LogP contribution in [0, 0.1) is 16.0 Å². The number of phenols is 1. The maximum Gasteiger partial charge on any atom is 0.305 e. The Morgan fingerprint density at radius 1 is 0.714 bits per heavy atom. The molecule has 18 nitrogen and oxygen atoms in total. The van der Waals surface area contributed by atoms with Crippen molar-refractivity contribution in [3.8, 4) is 5.75 Å². The van der Waals surface area contributed by atoms with Gasteiger partial charge >= 0.3 is 11.9 Å². The van der Waals surface area contributed by atoms with E-state index in [1.165, 1.54) is 43.3 Å². The average molecular weight is 687 g/mol. The molecule has 8 N–H and O–H groups in total. The Bertz CT molecular complexity index is 1550. The van der Waals surface area contributed by atoms with Crippen LogP contribution < -0.4 is 26.6 Å². The van der Waals surface area contributed by atoms with E-state index < -0.39 is 95.7 Å². The highest BCUT2D eigenvalue weighted by atomic mass is 16.6. The highest BCUT2D eigenvalue weighted by Gasteiger charge is 2.32. The van der Waals surface area contributed by atoms with Crippen molar-refractivity contribution in [1.29, 1.82) is 0 Å². The van der Waals surface area contributed by atoms with Gasteiger partial charge in [-0.3, -0.25) is 43.7 Å². The number of phenolic OH excluding ortho intramolecular Hbond substituents is 1. The summed E-state index contributed by atoms with van der Waals surface area (Å²) in [4.78, 5) is 97.3. The summed E-state index contributed by atoms with van der Waals surface area (Å²) in [5.74, 6) is -7.48. The van der Waals surface area contributed by atoms with Crippen molar-refractivity contribution in [2.24, 2.45) is 5.92 Å². The molecule has 49 heavy (non-hydrogen) atoms. The zero-order valence-electron chi connectivity index (χ0n) is 26.8. The van der Waals surface area contributed by atoms with Crippen molar-refractivity contribution in [2.45, 2.75) is 70.6 Å². The molecule has 2 aromatic rings. The molecular weight excluding hydrogens is 648 g/mol. The number of hydrogen-bond donors (Lipinski definition) is 8. The maximum atomic E-state index is 13.4. The molecule has 5 amide bonds. The molecule has 0 aliphatic carbocycles. The van der Waals surface area contributed by atoms with Gasteiger partial charge < -0.3 is 41.9 Å². The monoisotopic (exact) mass is 686 g/mol. The summed E-state index contributed by atoms with van der Waals surface area (Å²) in [6, 6.07) is 4.98. The van der Waals surface area contributed by atoms with E-state index in [1.807, 2.05) is 0 Å². The van der Waals surface area contributed by atoms with Gasteiger partial charge in [0.05, 0.1) is 17.8 Å². The van der Waals surface area contributed by atoms with E-state index in [-0.39, 0.29) is 23.5 Å². The largest absolute Gasteiger partial charge is 0.508 e. The molecule has 0 spiro atoms. The van der Waals surface area contributed by atoms with Crippen molar-refractivity contribution >= 4 is 52.8 Å². The number of rotatable bonds is 18. The topological polar surface area (TPSA) is 283 Å². The number of benzene rings is 2. The second kappa shape index (κ2) is 18.3. The van der Waals surface area contributed by atoms with Crippen molar-refractivity contribution in [1.82, 2.24) is 21.3 Å². The van der Waals surface area contributed by atoms with Gasteiger partial charge in [-0.25, -0.2) is 0 Å². The Labute approximate surface area is 279 Å². The van der Waals surface area contributed by atoms with Gasteiger partial charge in [0.2, 0.25) is 29.5 Å². The average Bonchev–Trinajstić information content (AvgIpc) is 3.02. The maximum absolute atomic E-state index is 13.4. The first-order valence-electron chi connectivity index (χ1n) is 14.9. The zero-order valence-corrected chi connectivity index (χ0v) is 26.8.